The predicted octanol–water partition coefficient (Wildman–Crippen LogP) is 1.82. The molecule has 0 aliphatic carbocycles. The molecule has 3 heteroatoms. The molecule has 0 aliphatic rings. The van der Waals surface area contributed by atoms with E-state index in [1.54, 1.807) is 7.11 Å². The van der Waals surface area contributed by atoms with Crippen LogP contribution in [0.3, 0.4) is 0 Å². The molecule has 0 saturated carbocycles. The first-order chi connectivity index (χ1) is 7.28. The van der Waals surface area contributed by atoms with Crippen LogP contribution in [0.15, 0.2) is 0 Å². The fraction of sp³-hybridized carbons (Fsp3) is 1.00. The van der Waals surface area contributed by atoms with Crippen LogP contribution in [0.25, 0.3) is 0 Å². The topological polar surface area (TPSA) is 49.7 Å². The van der Waals surface area contributed by atoms with Crippen molar-refractivity contribution in [2.75, 3.05) is 26.9 Å². The monoisotopic (exact) mass is 218 g/mol. The lowest BCUT2D eigenvalue weighted by Crippen LogP contribution is -2.13. The van der Waals surface area contributed by atoms with E-state index in [0.717, 1.165) is 32.1 Å². The molecule has 92 valence electrons. The summed E-state index contributed by atoms with van der Waals surface area (Å²) in [6.07, 6.45) is 5.42. The maximum atomic E-state index is 9.04. The molecule has 15 heavy (non-hydrogen) atoms. The van der Waals surface area contributed by atoms with E-state index in [9.17, 15) is 0 Å². The Morgan fingerprint density at radius 1 is 1.00 bits per heavy atom. The van der Waals surface area contributed by atoms with Crippen LogP contribution < -0.4 is 0 Å². The Labute approximate surface area is 93.5 Å². The number of methoxy groups -OCH3 is 1. The second-order valence-corrected chi connectivity index (χ2v) is 4.25. The first kappa shape index (κ1) is 14.9. The number of rotatable bonds is 10. The second-order valence-electron chi connectivity index (χ2n) is 4.25. The van der Waals surface area contributed by atoms with Crippen molar-refractivity contribution in [2.24, 2.45) is 11.8 Å². The highest BCUT2D eigenvalue weighted by atomic mass is 16.5. The van der Waals surface area contributed by atoms with Gasteiger partial charge in [-0.1, -0.05) is 26.2 Å². The van der Waals surface area contributed by atoms with Crippen LogP contribution in [0.1, 0.15) is 39.0 Å². The number of aliphatic hydroxyl groups excluding tert-OH is 2. The van der Waals surface area contributed by atoms with Crippen molar-refractivity contribution in [3.63, 3.8) is 0 Å². The van der Waals surface area contributed by atoms with Crippen LogP contribution in [0.5, 0.6) is 0 Å². The third-order valence-electron chi connectivity index (χ3n) is 2.97. The van der Waals surface area contributed by atoms with Crippen LogP contribution >= 0.6 is 0 Å². The summed E-state index contributed by atoms with van der Waals surface area (Å²) in [4.78, 5) is 0. The maximum Gasteiger partial charge on any atom is 0.0512 e. The number of unbranched alkanes of at least 4 members (excludes halogenated alkanes) is 1. The molecule has 0 saturated heterocycles. The van der Waals surface area contributed by atoms with E-state index < -0.39 is 0 Å². The SMILES string of the molecule is CCC(CO)CCCCC(CO)COC. The van der Waals surface area contributed by atoms with E-state index in [1.807, 2.05) is 0 Å². The summed E-state index contributed by atoms with van der Waals surface area (Å²) in [5.41, 5.74) is 0. The molecule has 0 rings (SSSR count). The summed E-state index contributed by atoms with van der Waals surface area (Å²) >= 11 is 0. The molecule has 0 heterocycles. The summed E-state index contributed by atoms with van der Waals surface area (Å²) in [5.74, 6) is 0.740. The van der Waals surface area contributed by atoms with Gasteiger partial charge in [0.05, 0.1) is 6.61 Å². The lowest BCUT2D eigenvalue weighted by molar-refractivity contribution is 0.103. The predicted molar refractivity (Wildman–Crippen MR) is 61.8 cm³/mol. The lowest BCUT2D eigenvalue weighted by Gasteiger charge is -2.14. The highest BCUT2D eigenvalue weighted by Gasteiger charge is 2.08. The van der Waals surface area contributed by atoms with Crippen LogP contribution in [-0.4, -0.2) is 37.1 Å². The molecular formula is C12H26O3. The molecule has 3 nitrogen and oxygen atoms in total. The van der Waals surface area contributed by atoms with Gasteiger partial charge in [-0.2, -0.15) is 0 Å². The van der Waals surface area contributed by atoms with Gasteiger partial charge in [0.15, 0.2) is 0 Å². The smallest absolute Gasteiger partial charge is 0.0512 e. The standard InChI is InChI=1S/C12H26O3/c1-3-11(8-13)6-4-5-7-12(9-14)10-15-2/h11-14H,3-10H2,1-2H3. The van der Waals surface area contributed by atoms with E-state index >= 15 is 0 Å². The van der Waals surface area contributed by atoms with Crippen LogP contribution in [0, 0.1) is 11.8 Å². The van der Waals surface area contributed by atoms with Crippen LogP contribution in [0.2, 0.25) is 0 Å². The Hall–Kier alpha value is -0.120. The van der Waals surface area contributed by atoms with Crippen molar-refractivity contribution in [3.8, 4) is 0 Å². The van der Waals surface area contributed by atoms with Gasteiger partial charge in [0.25, 0.3) is 0 Å². The summed E-state index contributed by atoms with van der Waals surface area (Å²) in [6, 6.07) is 0. The van der Waals surface area contributed by atoms with Gasteiger partial charge in [-0.25, -0.2) is 0 Å². The molecule has 0 bridgehead atoms. The largest absolute Gasteiger partial charge is 0.396 e. The van der Waals surface area contributed by atoms with E-state index in [-0.39, 0.29) is 12.5 Å². The molecule has 0 aromatic heterocycles. The van der Waals surface area contributed by atoms with Gasteiger partial charge in [-0.15, -0.1) is 0 Å². The minimum atomic E-state index is 0.213. The van der Waals surface area contributed by atoms with Gasteiger partial charge in [0.2, 0.25) is 0 Å². The Morgan fingerprint density at radius 3 is 1.93 bits per heavy atom. The van der Waals surface area contributed by atoms with Crippen molar-refractivity contribution >= 4 is 0 Å². The molecule has 2 N–H and O–H groups in total. The minimum Gasteiger partial charge on any atom is -0.396 e. The van der Waals surface area contributed by atoms with Crippen molar-refractivity contribution in [2.45, 2.75) is 39.0 Å². The van der Waals surface area contributed by atoms with E-state index in [1.165, 1.54) is 0 Å². The zero-order chi connectivity index (χ0) is 11.5. The third kappa shape index (κ3) is 7.77. The van der Waals surface area contributed by atoms with Gasteiger partial charge in [-0.05, 0) is 18.8 Å². The average Bonchev–Trinajstić information content (AvgIpc) is 2.28. The van der Waals surface area contributed by atoms with Gasteiger partial charge in [0, 0.05) is 26.2 Å². The van der Waals surface area contributed by atoms with Crippen molar-refractivity contribution in [1.82, 2.24) is 0 Å². The normalized spacial score (nSPS) is 15.2. The Balaban J connectivity index is 3.42. The molecule has 0 aromatic carbocycles. The Kier molecular flexibility index (Phi) is 10.3. The van der Waals surface area contributed by atoms with Crippen molar-refractivity contribution < 1.29 is 14.9 Å². The zero-order valence-electron chi connectivity index (χ0n) is 10.1. The molecule has 0 aromatic rings. The lowest BCUT2D eigenvalue weighted by atomic mass is 9.97. The minimum absolute atomic E-state index is 0.213. The van der Waals surface area contributed by atoms with Gasteiger partial charge in [0.1, 0.15) is 0 Å². The highest BCUT2D eigenvalue weighted by molar-refractivity contribution is 4.59. The molecule has 0 fully saturated rings. The van der Waals surface area contributed by atoms with E-state index in [0.29, 0.717) is 19.1 Å². The Morgan fingerprint density at radius 2 is 1.53 bits per heavy atom. The number of hydrogen-bond acceptors (Lipinski definition) is 3. The van der Waals surface area contributed by atoms with Crippen molar-refractivity contribution in [1.29, 1.82) is 0 Å². The van der Waals surface area contributed by atoms with Gasteiger partial charge in [-0.3, -0.25) is 0 Å². The molecule has 0 radical (unpaired) electrons. The first-order valence-corrected chi connectivity index (χ1v) is 5.99. The molecule has 2 unspecified atom stereocenters. The molecule has 0 aliphatic heterocycles. The maximum absolute atomic E-state index is 9.04. The quantitative estimate of drug-likeness (QED) is 0.550. The summed E-state index contributed by atoms with van der Waals surface area (Å²) in [6.45, 7) is 3.28. The first-order valence-electron chi connectivity index (χ1n) is 5.99. The van der Waals surface area contributed by atoms with Gasteiger partial charge < -0.3 is 14.9 Å². The van der Waals surface area contributed by atoms with Crippen LogP contribution in [-0.2, 0) is 4.74 Å². The third-order valence-corrected chi connectivity index (χ3v) is 2.97. The molecule has 0 spiro atoms. The number of aliphatic hydroxyl groups is 2. The van der Waals surface area contributed by atoms with E-state index in [2.05, 4.69) is 6.92 Å². The highest BCUT2D eigenvalue weighted by Crippen LogP contribution is 2.15. The van der Waals surface area contributed by atoms with Crippen LogP contribution in [0.4, 0.5) is 0 Å². The number of hydrogen-bond donors (Lipinski definition) is 2. The van der Waals surface area contributed by atoms with Crippen molar-refractivity contribution in [3.05, 3.63) is 0 Å². The zero-order valence-corrected chi connectivity index (χ0v) is 10.1. The summed E-state index contributed by atoms with van der Waals surface area (Å²) in [7, 11) is 1.67. The fourth-order valence-corrected chi connectivity index (χ4v) is 1.75. The summed E-state index contributed by atoms with van der Waals surface area (Å²) < 4.78 is 5.02. The summed E-state index contributed by atoms with van der Waals surface area (Å²) in [5, 5.41) is 18.0. The molecule has 2 atom stereocenters. The van der Waals surface area contributed by atoms with E-state index in [4.69, 9.17) is 14.9 Å². The second kappa shape index (κ2) is 10.4. The van der Waals surface area contributed by atoms with Gasteiger partial charge >= 0.3 is 0 Å². The average molecular weight is 218 g/mol. The molecule has 0 amide bonds. The fourth-order valence-electron chi connectivity index (χ4n) is 1.75. The number of ether oxygens (including phenoxy) is 1. The Bertz CT molecular complexity index is 124. The molecular weight excluding hydrogens is 192 g/mol.